The van der Waals surface area contributed by atoms with E-state index in [1.807, 2.05) is 24.3 Å². The molecule has 0 bridgehead atoms. The minimum atomic E-state index is -0.274. The number of ether oxygens (including phenoxy) is 1. The number of benzene rings is 2. The van der Waals surface area contributed by atoms with Gasteiger partial charge in [-0.25, -0.2) is 0 Å². The molecule has 0 unspecified atom stereocenters. The van der Waals surface area contributed by atoms with Crippen LogP contribution in [0, 0.1) is 18.5 Å². The Kier molecular flexibility index (Phi) is 5.97. The fraction of sp³-hybridized carbons (Fsp3) is 0.0588. The third-order valence-electron chi connectivity index (χ3n) is 2.94. The highest BCUT2D eigenvalue weighted by atomic mass is 127. The van der Waals surface area contributed by atoms with Gasteiger partial charge in [0.2, 0.25) is 5.78 Å². The van der Waals surface area contributed by atoms with Gasteiger partial charge < -0.3 is 4.74 Å². The van der Waals surface area contributed by atoms with Crippen molar-refractivity contribution in [1.29, 1.82) is 5.26 Å². The molecule has 0 saturated heterocycles. The molecule has 0 aliphatic rings. The van der Waals surface area contributed by atoms with Crippen molar-refractivity contribution in [2.45, 2.75) is 0 Å². The summed E-state index contributed by atoms with van der Waals surface area (Å²) in [5, 5.41) is 9.29. The first kappa shape index (κ1) is 17.0. The van der Waals surface area contributed by atoms with Crippen molar-refractivity contribution < 1.29 is 9.53 Å². The molecule has 0 atom stereocenters. The number of methoxy groups -OCH3 is 1. The summed E-state index contributed by atoms with van der Waals surface area (Å²) in [5.74, 6) is 0.523. The number of nitriles is 1. The average Bonchev–Trinajstić information content (AvgIpc) is 2.52. The average molecular weight is 515 g/mol. The number of carbonyl (C=O) groups excluding carboxylic acids is 1. The minimum Gasteiger partial charge on any atom is -0.495 e. The van der Waals surface area contributed by atoms with Crippen molar-refractivity contribution in [3.63, 3.8) is 0 Å². The Labute approximate surface area is 156 Å². The summed E-state index contributed by atoms with van der Waals surface area (Å²) in [4.78, 5) is 12.4. The number of carbonyl (C=O) groups is 1. The van der Waals surface area contributed by atoms with Crippen LogP contribution in [-0.2, 0) is 0 Å². The summed E-state index contributed by atoms with van der Waals surface area (Å²) < 4.78 is 7.18. The molecule has 0 N–H and O–H groups in total. The van der Waals surface area contributed by atoms with E-state index in [-0.39, 0.29) is 11.4 Å². The Hall–Kier alpha value is -1.40. The SMILES string of the molecule is COc1c(I)cc(/C=C(\C#N)C(=O)c2ccccc2)cc1I. The lowest BCUT2D eigenvalue weighted by molar-refractivity contribution is 0.104. The highest BCUT2D eigenvalue weighted by Crippen LogP contribution is 2.29. The highest BCUT2D eigenvalue weighted by molar-refractivity contribution is 14.1. The molecule has 2 aromatic rings. The Morgan fingerprint density at radius 2 is 1.77 bits per heavy atom. The molecule has 2 aromatic carbocycles. The second-order valence-corrected chi connectivity index (χ2v) is 6.71. The molecule has 2 rings (SSSR count). The molecule has 0 aromatic heterocycles. The number of nitrogens with zero attached hydrogens (tertiary/aromatic N) is 1. The molecular weight excluding hydrogens is 504 g/mol. The Balaban J connectivity index is 2.42. The predicted octanol–water partition coefficient (Wildman–Crippen LogP) is 4.69. The van der Waals surface area contributed by atoms with Crippen molar-refractivity contribution in [3.8, 4) is 11.8 Å². The Morgan fingerprint density at radius 3 is 2.27 bits per heavy atom. The van der Waals surface area contributed by atoms with E-state index in [1.54, 1.807) is 37.5 Å². The molecule has 0 radical (unpaired) electrons. The van der Waals surface area contributed by atoms with Gasteiger partial charge in [0.1, 0.15) is 17.4 Å². The van der Waals surface area contributed by atoms with Crippen LogP contribution in [0.1, 0.15) is 15.9 Å². The normalized spacial score (nSPS) is 10.9. The van der Waals surface area contributed by atoms with Crippen LogP contribution < -0.4 is 4.74 Å². The predicted molar refractivity (Wildman–Crippen MR) is 103 cm³/mol. The van der Waals surface area contributed by atoms with E-state index in [4.69, 9.17) is 4.74 Å². The lowest BCUT2D eigenvalue weighted by atomic mass is 10.0. The van der Waals surface area contributed by atoms with E-state index < -0.39 is 0 Å². The smallest absolute Gasteiger partial charge is 0.203 e. The zero-order valence-electron chi connectivity index (χ0n) is 11.6. The van der Waals surface area contributed by atoms with Crippen molar-refractivity contribution in [1.82, 2.24) is 0 Å². The standard InChI is InChI=1S/C17H11I2NO2/c1-22-17-14(18)8-11(9-15(17)19)7-13(10-20)16(21)12-5-3-2-4-6-12/h2-9H,1H3/b13-7+. The van der Waals surface area contributed by atoms with Crippen LogP contribution in [0.25, 0.3) is 6.08 Å². The molecule has 0 heterocycles. The number of allylic oxidation sites excluding steroid dienone is 1. The van der Waals surface area contributed by atoms with Gasteiger partial charge in [0.05, 0.1) is 14.3 Å². The highest BCUT2D eigenvalue weighted by Gasteiger charge is 2.13. The van der Waals surface area contributed by atoms with E-state index in [2.05, 4.69) is 45.2 Å². The molecule has 0 aliphatic heterocycles. The maximum atomic E-state index is 12.4. The van der Waals surface area contributed by atoms with Crippen LogP contribution in [0.15, 0.2) is 48.0 Å². The fourth-order valence-electron chi connectivity index (χ4n) is 1.92. The number of rotatable bonds is 4. The molecule has 0 amide bonds. The maximum Gasteiger partial charge on any atom is 0.203 e. The number of hydrogen-bond donors (Lipinski definition) is 0. The van der Waals surface area contributed by atoms with Crippen LogP contribution in [0.4, 0.5) is 0 Å². The van der Waals surface area contributed by atoms with Crippen molar-refractivity contribution in [2.24, 2.45) is 0 Å². The molecule has 0 spiro atoms. The first-order chi connectivity index (χ1) is 10.6. The Morgan fingerprint density at radius 1 is 1.18 bits per heavy atom. The van der Waals surface area contributed by atoms with E-state index in [0.717, 1.165) is 18.5 Å². The fourth-order valence-corrected chi connectivity index (χ4v) is 4.17. The summed E-state index contributed by atoms with van der Waals surface area (Å²) in [6.07, 6.45) is 1.61. The van der Waals surface area contributed by atoms with E-state index in [0.29, 0.717) is 5.56 Å². The van der Waals surface area contributed by atoms with E-state index in [1.165, 1.54) is 0 Å². The third kappa shape index (κ3) is 3.87. The topological polar surface area (TPSA) is 50.1 Å². The minimum absolute atomic E-state index is 0.114. The van der Waals surface area contributed by atoms with Gasteiger partial charge in [-0.15, -0.1) is 0 Å². The lowest BCUT2D eigenvalue weighted by Crippen LogP contribution is -2.01. The van der Waals surface area contributed by atoms with Crippen molar-refractivity contribution in [2.75, 3.05) is 7.11 Å². The second-order valence-electron chi connectivity index (χ2n) is 4.38. The van der Waals surface area contributed by atoms with Gasteiger partial charge in [-0.3, -0.25) is 4.79 Å². The van der Waals surface area contributed by atoms with Crippen molar-refractivity contribution in [3.05, 3.63) is 66.3 Å². The zero-order valence-corrected chi connectivity index (χ0v) is 16.0. The van der Waals surface area contributed by atoms with E-state index in [9.17, 15) is 10.1 Å². The quantitative estimate of drug-likeness (QED) is 0.257. The maximum absolute atomic E-state index is 12.4. The zero-order chi connectivity index (χ0) is 16.1. The van der Waals surface area contributed by atoms with E-state index >= 15 is 0 Å². The summed E-state index contributed by atoms with van der Waals surface area (Å²) in [5.41, 5.74) is 1.42. The molecule has 0 aliphatic carbocycles. The summed E-state index contributed by atoms with van der Waals surface area (Å²) in [7, 11) is 1.62. The summed E-state index contributed by atoms with van der Waals surface area (Å²) in [6.45, 7) is 0. The monoisotopic (exact) mass is 515 g/mol. The number of halogens is 2. The molecule has 110 valence electrons. The third-order valence-corrected chi connectivity index (χ3v) is 4.54. The van der Waals surface area contributed by atoms with Gasteiger partial charge in [-0.05, 0) is 69.0 Å². The Bertz CT molecular complexity index is 754. The summed E-state index contributed by atoms with van der Waals surface area (Å²) in [6, 6.07) is 14.6. The lowest BCUT2D eigenvalue weighted by Gasteiger charge is -2.07. The van der Waals surface area contributed by atoms with Crippen molar-refractivity contribution >= 4 is 57.0 Å². The molecule has 3 nitrogen and oxygen atoms in total. The molecule has 5 heteroatoms. The number of hydrogen-bond acceptors (Lipinski definition) is 3. The van der Waals surface area contributed by atoms with Gasteiger partial charge in [0.15, 0.2) is 0 Å². The first-order valence-corrected chi connectivity index (χ1v) is 8.47. The van der Waals surface area contributed by atoms with Crippen LogP contribution in [0.5, 0.6) is 5.75 Å². The molecular formula is C17H11I2NO2. The van der Waals surface area contributed by atoms with Crippen LogP contribution in [0.2, 0.25) is 0 Å². The van der Waals surface area contributed by atoms with Gasteiger partial charge in [-0.2, -0.15) is 5.26 Å². The van der Waals surface area contributed by atoms with Crippen LogP contribution in [-0.4, -0.2) is 12.9 Å². The number of ketones is 1. The largest absolute Gasteiger partial charge is 0.495 e. The van der Waals surface area contributed by atoms with Crippen LogP contribution >= 0.6 is 45.2 Å². The molecule has 0 saturated carbocycles. The summed E-state index contributed by atoms with van der Waals surface area (Å²) >= 11 is 4.35. The van der Waals surface area contributed by atoms with Gasteiger partial charge in [0, 0.05) is 5.56 Å². The second kappa shape index (κ2) is 7.74. The molecule has 22 heavy (non-hydrogen) atoms. The molecule has 0 fully saturated rings. The first-order valence-electron chi connectivity index (χ1n) is 6.31. The van der Waals surface area contributed by atoms with Gasteiger partial charge >= 0.3 is 0 Å². The van der Waals surface area contributed by atoms with Gasteiger partial charge in [-0.1, -0.05) is 30.3 Å². The number of Topliss-reactive ketones (excluding diaryl/α,β-unsaturated/α-hetero) is 1. The van der Waals surface area contributed by atoms with Crippen LogP contribution in [0.3, 0.4) is 0 Å². The van der Waals surface area contributed by atoms with Gasteiger partial charge in [0.25, 0.3) is 0 Å².